The van der Waals surface area contributed by atoms with Crippen LogP contribution < -0.4 is 40.5 Å². The predicted octanol–water partition coefficient (Wildman–Crippen LogP) is 8.71. The summed E-state index contributed by atoms with van der Waals surface area (Å²) in [6.07, 6.45) is 0. The van der Waals surface area contributed by atoms with Crippen molar-refractivity contribution in [3.63, 3.8) is 0 Å². The van der Waals surface area contributed by atoms with E-state index in [9.17, 15) is 39.6 Å². The summed E-state index contributed by atoms with van der Waals surface area (Å²) < 4.78 is 0. The molecule has 22 heteroatoms. The molecular weight excluding hydrogens is 1330 g/mol. The van der Waals surface area contributed by atoms with Crippen molar-refractivity contribution in [1.82, 2.24) is 0 Å². The molecule has 12 rings (SSSR count). The minimum atomic E-state index is -0.382. The zero-order valence-corrected chi connectivity index (χ0v) is 57.3. The van der Waals surface area contributed by atoms with E-state index in [0.29, 0.717) is 67.9 Å². The van der Waals surface area contributed by atoms with Gasteiger partial charge < -0.3 is 40.9 Å². The SMILES string of the molecule is CC1=NN(c2ccccc2)C(=O)/C1=C(\[O-])c1ccccc1.CC1=NN(c2ccccc2)C(=O)/C1=C(\[O-])c1ccccc1.CC1=NN(c2ccccc2)C(=O)/C1=C(\[O-])c1ccccc1.CC1=NN(c2ccccc2)C(=O)/C1=C(\[O-])c1ccccc1.CCO.CCO.CCO.CCO.[Co+2].[Co+2]. The molecule has 0 aromatic heterocycles. The summed E-state index contributed by atoms with van der Waals surface area (Å²) in [6.45, 7) is 14.4. The molecule has 4 aliphatic heterocycles. The van der Waals surface area contributed by atoms with Crippen molar-refractivity contribution in [3.05, 3.63) is 287 Å². The summed E-state index contributed by atoms with van der Waals surface area (Å²) in [6, 6.07) is 71.4. The van der Waals surface area contributed by atoms with Gasteiger partial charge in [-0.3, -0.25) is 19.2 Å². The van der Waals surface area contributed by atoms with Crippen LogP contribution in [0.1, 0.15) is 77.6 Å². The van der Waals surface area contributed by atoms with E-state index in [-0.39, 0.29) is 129 Å². The predicted molar refractivity (Wildman–Crippen MR) is 373 cm³/mol. The first-order valence-corrected chi connectivity index (χ1v) is 30.5. The van der Waals surface area contributed by atoms with Crippen molar-refractivity contribution in [1.29, 1.82) is 0 Å². The quantitative estimate of drug-likeness (QED) is 0.0820. The molecule has 4 N–H and O–H groups in total. The summed E-state index contributed by atoms with van der Waals surface area (Å²) in [5.41, 5.74) is 6.85. The number of anilines is 4. The van der Waals surface area contributed by atoms with Crippen molar-refractivity contribution >= 4 is 92.3 Å². The monoisotopic (exact) mass is 1410 g/mol. The molecule has 20 nitrogen and oxygen atoms in total. The van der Waals surface area contributed by atoms with Gasteiger partial charge in [0.1, 0.15) is 0 Å². The number of nitrogens with zero attached hydrogens (tertiary/aromatic N) is 8. The van der Waals surface area contributed by atoms with E-state index in [2.05, 4.69) is 20.4 Å². The van der Waals surface area contributed by atoms with Crippen LogP contribution in [0.15, 0.2) is 285 Å². The molecule has 0 bridgehead atoms. The molecule has 4 amide bonds. The molecule has 2 radical (unpaired) electrons. The number of amides is 4. The van der Waals surface area contributed by atoms with Gasteiger partial charge in [-0.2, -0.15) is 40.4 Å². The van der Waals surface area contributed by atoms with Gasteiger partial charge in [-0.25, -0.2) is 0 Å². The third-order valence-corrected chi connectivity index (χ3v) is 13.1. The van der Waals surface area contributed by atoms with Crippen LogP contribution in [0.25, 0.3) is 23.0 Å². The van der Waals surface area contributed by atoms with Crippen molar-refractivity contribution < 1.29 is 93.6 Å². The molecule has 4 aliphatic rings. The van der Waals surface area contributed by atoms with Gasteiger partial charge in [0.15, 0.2) is 0 Å². The summed E-state index contributed by atoms with van der Waals surface area (Å²) in [4.78, 5) is 49.9. The zero-order valence-electron chi connectivity index (χ0n) is 55.2. The summed E-state index contributed by atoms with van der Waals surface area (Å²) in [7, 11) is 0. The molecule has 8 aromatic carbocycles. The first-order chi connectivity index (χ1) is 46.4. The topological polar surface area (TPSA) is 304 Å². The van der Waals surface area contributed by atoms with Crippen LogP contribution in [0.4, 0.5) is 22.7 Å². The number of hydrogen-bond acceptors (Lipinski definition) is 16. The van der Waals surface area contributed by atoms with Gasteiger partial charge in [0.25, 0.3) is 23.6 Å². The van der Waals surface area contributed by atoms with Gasteiger partial charge >= 0.3 is 33.6 Å². The van der Waals surface area contributed by atoms with E-state index in [1.54, 1.807) is 201 Å². The van der Waals surface area contributed by atoms with Gasteiger partial charge in [-0.1, -0.05) is 217 Å². The zero-order chi connectivity index (χ0) is 70.1. The van der Waals surface area contributed by atoms with Crippen LogP contribution in [0.5, 0.6) is 0 Å². The molecule has 98 heavy (non-hydrogen) atoms. The van der Waals surface area contributed by atoms with Crippen molar-refractivity contribution in [2.24, 2.45) is 20.4 Å². The maximum Gasteiger partial charge on any atom is 2.00 e. The Morgan fingerprint density at radius 3 is 0.531 bits per heavy atom. The summed E-state index contributed by atoms with van der Waals surface area (Å²) in [5, 5.41) is 102. The van der Waals surface area contributed by atoms with Crippen LogP contribution in [0, 0.1) is 0 Å². The Morgan fingerprint density at radius 2 is 0.398 bits per heavy atom. The van der Waals surface area contributed by atoms with Crippen molar-refractivity contribution in [2.45, 2.75) is 55.4 Å². The summed E-state index contributed by atoms with van der Waals surface area (Å²) >= 11 is 0. The first-order valence-electron chi connectivity index (χ1n) is 30.5. The number of rotatable bonds is 8. The Bertz CT molecular complexity index is 3560. The Labute approximate surface area is 591 Å². The van der Waals surface area contributed by atoms with E-state index in [4.69, 9.17) is 20.4 Å². The number of benzene rings is 8. The van der Waals surface area contributed by atoms with Crippen molar-refractivity contribution in [3.8, 4) is 0 Å². The minimum Gasteiger partial charge on any atom is -0.871 e. The second-order valence-corrected chi connectivity index (χ2v) is 20.1. The fourth-order valence-corrected chi connectivity index (χ4v) is 8.98. The van der Waals surface area contributed by atoms with E-state index >= 15 is 0 Å². The standard InChI is InChI=1S/4C17H14N2O2.4C2H6O.2Co/c4*1-12-15(16(20)13-8-4-2-5-9-13)17(21)19(18-12)14-10-6-3-7-11-14;4*1-2-3;;/h4*2-11,20H,1H3;4*3H,2H2,1H3;;/q;;;;;;;;2*+2/p-4/b4*16-15-;;;;;;. The Morgan fingerprint density at radius 1 is 0.276 bits per heavy atom. The Balaban J connectivity index is 0.000000320. The van der Waals surface area contributed by atoms with E-state index < -0.39 is 0 Å². The molecule has 0 aliphatic carbocycles. The molecule has 0 unspecified atom stereocenters. The van der Waals surface area contributed by atoms with Crippen LogP contribution in [0.3, 0.4) is 0 Å². The molecule has 0 fully saturated rings. The number of hydrazone groups is 4. The van der Waals surface area contributed by atoms with Gasteiger partial charge in [0.05, 0.1) is 67.9 Å². The third kappa shape index (κ3) is 22.2. The average molecular weight is 1410 g/mol. The maximum absolute atomic E-state index is 12.5. The van der Waals surface area contributed by atoms with Gasteiger partial charge in [0, 0.05) is 26.4 Å². The Kier molecular flexibility index (Phi) is 35.5. The molecule has 0 atom stereocenters. The van der Waals surface area contributed by atoms with E-state index in [0.717, 1.165) is 0 Å². The molecule has 8 aromatic rings. The van der Waals surface area contributed by atoms with Crippen molar-refractivity contribution in [2.75, 3.05) is 46.5 Å². The molecule has 0 saturated heterocycles. The smallest absolute Gasteiger partial charge is 0.871 e. The van der Waals surface area contributed by atoms with Gasteiger partial charge in [-0.15, -0.1) is 0 Å². The molecular formula is C76H76Co2N8O12. The Hall–Kier alpha value is -10.7. The number of para-hydroxylation sites is 4. The molecule has 510 valence electrons. The second-order valence-electron chi connectivity index (χ2n) is 20.1. The number of carbonyl (C=O) groups is 4. The number of carbonyl (C=O) groups excluding carboxylic acids is 4. The number of aliphatic hydroxyl groups is 4. The van der Waals surface area contributed by atoms with Crippen LogP contribution >= 0.6 is 0 Å². The van der Waals surface area contributed by atoms with E-state index in [1.165, 1.54) is 20.0 Å². The van der Waals surface area contributed by atoms with Crippen LogP contribution in [-0.4, -0.2) is 93.3 Å². The average Bonchev–Trinajstić information content (AvgIpc) is 1.68. The van der Waals surface area contributed by atoms with Gasteiger partial charge in [-0.05, 0) is 126 Å². The number of aliphatic hydroxyl groups excluding tert-OH is 4. The summed E-state index contributed by atoms with van der Waals surface area (Å²) in [5.74, 6) is -2.69. The fraction of sp³-hybridized carbons (Fsp3) is 0.158. The molecule has 0 spiro atoms. The van der Waals surface area contributed by atoms with Gasteiger partial charge in [0.2, 0.25) is 0 Å². The second kappa shape index (κ2) is 42.7. The maximum atomic E-state index is 12.5. The first kappa shape index (κ1) is 81.6. The fourth-order valence-electron chi connectivity index (χ4n) is 8.98. The molecule has 0 saturated carbocycles. The van der Waals surface area contributed by atoms with Crippen LogP contribution in [0.2, 0.25) is 0 Å². The third-order valence-electron chi connectivity index (χ3n) is 13.1. The molecule has 4 heterocycles. The van der Waals surface area contributed by atoms with Crippen LogP contribution in [-0.2, 0) is 52.7 Å². The number of hydrogen-bond donors (Lipinski definition) is 4. The largest absolute Gasteiger partial charge is 2.00 e. The normalized spacial score (nSPS) is 15.2. The minimum absolute atomic E-state index is 0. The van der Waals surface area contributed by atoms with E-state index in [1.807, 2.05) is 97.1 Å².